The SMILES string of the molecule is COc1ccccc1C(C)CC(=O)NC1CCCCCCC1C(=O)O. The van der Waals surface area contributed by atoms with Crippen molar-refractivity contribution in [2.75, 3.05) is 7.11 Å². The summed E-state index contributed by atoms with van der Waals surface area (Å²) in [5.74, 6) is -0.587. The van der Waals surface area contributed by atoms with Crippen LogP contribution in [-0.2, 0) is 9.59 Å². The number of ether oxygens (including phenoxy) is 1. The highest BCUT2D eigenvalue weighted by Gasteiger charge is 2.30. The summed E-state index contributed by atoms with van der Waals surface area (Å²) >= 11 is 0. The fourth-order valence-corrected chi connectivity index (χ4v) is 3.68. The van der Waals surface area contributed by atoms with Gasteiger partial charge in [-0.15, -0.1) is 0 Å². The van der Waals surface area contributed by atoms with Crippen LogP contribution < -0.4 is 10.1 Å². The minimum absolute atomic E-state index is 0.00739. The quantitative estimate of drug-likeness (QED) is 0.822. The van der Waals surface area contributed by atoms with E-state index in [-0.39, 0.29) is 17.9 Å². The number of aliphatic carboxylic acids is 1. The van der Waals surface area contributed by atoms with Crippen molar-refractivity contribution < 1.29 is 19.4 Å². The Hall–Kier alpha value is -2.04. The van der Waals surface area contributed by atoms with Crippen LogP contribution in [0.1, 0.15) is 63.4 Å². The molecular weight excluding hydrogens is 318 g/mol. The summed E-state index contributed by atoms with van der Waals surface area (Å²) in [5, 5.41) is 12.5. The van der Waals surface area contributed by atoms with E-state index in [0.29, 0.717) is 12.8 Å². The number of amides is 1. The van der Waals surface area contributed by atoms with E-state index in [0.717, 1.165) is 43.4 Å². The molecular formula is C20H29NO4. The van der Waals surface area contributed by atoms with Gasteiger partial charge in [0.2, 0.25) is 5.91 Å². The highest BCUT2D eigenvalue weighted by Crippen LogP contribution is 2.29. The van der Waals surface area contributed by atoms with Crippen molar-refractivity contribution >= 4 is 11.9 Å². The van der Waals surface area contributed by atoms with Crippen molar-refractivity contribution in [1.82, 2.24) is 5.32 Å². The Morgan fingerprint density at radius 1 is 1.20 bits per heavy atom. The molecule has 1 aliphatic rings. The van der Waals surface area contributed by atoms with E-state index in [2.05, 4.69) is 5.32 Å². The smallest absolute Gasteiger partial charge is 0.308 e. The Balaban J connectivity index is 2.00. The van der Waals surface area contributed by atoms with Crippen molar-refractivity contribution in [3.05, 3.63) is 29.8 Å². The second-order valence-electron chi connectivity index (χ2n) is 6.96. The van der Waals surface area contributed by atoms with Crippen LogP contribution in [0.4, 0.5) is 0 Å². The molecule has 138 valence electrons. The van der Waals surface area contributed by atoms with Gasteiger partial charge in [0, 0.05) is 12.5 Å². The molecule has 5 heteroatoms. The molecule has 0 heterocycles. The lowest BCUT2D eigenvalue weighted by Gasteiger charge is -2.27. The summed E-state index contributed by atoms with van der Waals surface area (Å²) in [5.41, 5.74) is 0.993. The van der Waals surface area contributed by atoms with E-state index in [1.54, 1.807) is 7.11 Å². The van der Waals surface area contributed by atoms with Gasteiger partial charge in [-0.1, -0.05) is 50.8 Å². The third-order valence-corrected chi connectivity index (χ3v) is 5.09. The van der Waals surface area contributed by atoms with Gasteiger partial charge >= 0.3 is 5.97 Å². The Morgan fingerprint density at radius 3 is 2.56 bits per heavy atom. The molecule has 0 bridgehead atoms. The van der Waals surface area contributed by atoms with Crippen molar-refractivity contribution in [2.45, 2.75) is 63.8 Å². The third kappa shape index (κ3) is 5.48. The molecule has 0 aliphatic heterocycles. The number of rotatable bonds is 6. The van der Waals surface area contributed by atoms with Crippen LogP contribution in [0.25, 0.3) is 0 Å². The second kappa shape index (κ2) is 9.44. The fraction of sp³-hybridized carbons (Fsp3) is 0.600. The van der Waals surface area contributed by atoms with Crippen LogP contribution in [0.5, 0.6) is 5.75 Å². The number of carboxylic acid groups (broad SMARTS) is 1. The van der Waals surface area contributed by atoms with Crippen LogP contribution in [-0.4, -0.2) is 30.1 Å². The molecule has 3 atom stereocenters. The molecule has 25 heavy (non-hydrogen) atoms. The first-order chi connectivity index (χ1) is 12.0. The molecule has 2 N–H and O–H groups in total. The molecule has 2 rings (SSSR count). The zero-order chi connectivity index (χ0) is 18.2. The number of para-hydroxylation sites is 1. The lowest BCUT2D eigenvalue weighted by atomic mass is 9.86. The van der Waals surface area contributed by atoms with E-state index in [1.807, 2.05) is 31.2 Å². The first-order valence-electron chi connectivity index (χ1n) is 9.18. The first kappa shape index (κ1) is 19.3. The number of methoxy groups -OCH3 is 1. The standard InChI is InChI=1S/C20H29NO4/c1-14(15-9-7-8-12-18(15)25-2)13-19(22)21-17-11-6-4-3-5-10-16(17)20(23)24/h7-9,12,14,16-17H,3-6,10-11,13H2,1-2H3,(H,21,22)(H,23,24). The summed E-state index contributed by atoms with van der Waals surface area (Å²) in [6.45, 7) is 1.99. The normalized spacial score (nSPS) is 22.3. The number of nitrogens with one attached hydrogen (secondary N) is 1. The highest BCUT2D eigenvalue weighted by molar-refractivity contribution is 5.79. The monoisotopic (exact) mass is 347 g/mol. The minimum Gasteiger partial charge on any atom is -0.496 e. The summed E-state index contributed by atoms with van der Waals surface area (Å²) in [6, 6.07) is 7.42. The topological polar surface area (TPSA) is 75.6 Å². The molecule has 1 fully saturated rings. The van der Waals surface area contributed by atoms with Gasteiger partial charge in [0.25, 0.3) is 0 Å². The Morgan fingerprint density at radius 2 is 1.88 bits per heavy atom. The largest absolute Gasteiger partial charge is 0.496 e. The Bertz CT molecular complexity index is 587. The molecule has 3 unspecified atom stereocenters. The lowest BCUT2D eigenvalue weighted by Crippen LogP contribution is -2.44. The van der Waals surface area contributed by atoms with Crippen LogP contribution >= 0.6 is 0 Å². The molecule has 0 spiro atoms. The zero-order valence-electron chi connectivity index (χ0n) is 15.2. The maximum absolute atomic E-state index is 12.5. The number of carbonyl (C=O) groups excluding carboxylic acids is 1. The number of hydrogen-bond donors (Lipinski definition) is 2. The van der Waals surface area contributed by atoms with Gasteiger partial charge in [0.1, 0.15) is 5.75 Å². The third-order valence-electron chi connectivity index (χ3n) is 5.09. The predicted octanol–water partition coefficient (Wildman–Crippen LogP) is 3.73. The van der Waals surface area contributed by atoms with Crippen LogP contribution in [0.3, 0.4) is 0 Å². The van der Waals surface area contributed by atoms with Gasteiger partial charge in [0.05, 0.1) is 13.0 Å². The number of carboxylic acids is 1. The van der Waals surface area contributed by atoms with Crippen LogP contribution in [0, 0.1) is 5.92 Å². The van der Waals surface area contributed by atoms with E-state index < -0.39 is 11.9 Å². The zero-order valence-corrected chi connectivity index (χ0v) is 15.2. The summed E-state index contributed by atoms with van der Waals surface area (Å²) in [6.07, 6.45) is 5.78. The maximum Gasteiger partial charge on any atom is 0.308 e. The number of carbonyl (C=O) groups is 2. The van der Waals surface area contributed by atoms with Crippen molar-refractivity contribution in [3.8, 4) is 5.75 Å². The second-order valence-corrected chi connectivity index (χ2v) is 6.96. The van der Waals surface area contributed by atoms with Crippen molar-refractivity contribution in [3.63, 3.8) is 0 Å². The van der Waals surface area contributed by atoms with Gasteiger partial charge < -0.3 is 15.2 Å². The number of hydrogen-bond acceptors (Lipinski definition) is 3. The number of benzene rings is 1. The molecule has 0 radical (unpaired) electrons. The lowest BCUT2D eigenvalue weighted by molar-refractivity contribution is -0.143. The van der Waals surface area contributed by atoms with Gasteiger partial charge in [0.15, 0.2) is 0 Å². The van der Waals surface area contributed by atoms with Gasteiger partial charge in [-0.25, -0.2) is 0 Å². The predicted molar refractivity (Wildman–Crippen MR) is 96.8 cm³/mol. The average molecular weight is 347 g/mol. The Kier molecular flexibility index (Phi) is 7.29. The molecule has 0 aromatic heterocycles. The van der Waals surface area contributed by atoms with Crippen LogP contribution in [0.15, 0.2) is 24.3 Å². The molecule has 0 saturated heterocycles. The van der Waals surface area contributed by atoms with E-state index in [1.165, 1.54) is 0 Å². The van der Waals surface area contributed by atoms with Gasteiger partial charge in [-0.05, 0) is 30.4 Å². The van der Waals surface area contributed by atoms with Crippen molar-refractivity contribution in [1.29, 1.82) is 0 Å². The van der Waals surface area contributed by atoms with Gasteiger partial charge in [-0.2, -0.15) is 0 Å². The van der Waals surface area contributed by atoms with Crippen LogP contribution in [0.2, 0.25) is 0 Å². The van der Waals surface area contributed by atoms with Gasteiger partial charge in [-0.3, -0.25) is 9.59 Å². The first-order valence-corrected chi connectivity index (χ1v) is 9.18. The summed E-state index contributed by atoms with van der Waals surface area (Å²) < 4.78 is 5.37. The summed E-state index contributed by atoms with van der Waals surface area (Å²) in [7, 11) is 1.62. The minimum atomic E-state index is -0.801. The maximum atomic E-state index is 12.5. The molecule has 1 aliphatic carbocycles. The van der Waals surface area contributed by atoms with E-state index in [9.17, 15) is 14.7 Å². The fourth-order valence-electron chi connectivity index (χ4n) is 3.68. The Labute approximate surface area is 149 Å². The average Bonchev–Trinajstić information content (AvgIpc) is 2.56. The van der Waals surface area contributed by atoms with E-state index >= 15 is 0 Å². The molecule has 1 saturated carbocycles. The molecule has 5 nitrogen and oxygen atoms in total. The molecule has 1 aromatic rings. The van der Waals surface area contributed by atoms with Crippen molar-refractivity contribution in [2.24, 2.45) is 5.92 Å². The summed E-state index contributed by atoms with van der Waals surface area (Å²) in [4.78, 5) is 24.1. The van der Waals surface area contributed by atoms with E-state index in [4.69, 9.17) is 4.74 Å². The molecule has 1 amide bonds. The molecule has 1 aromatic carbocycles. The highest BCUT2D eigenvalue weighted by atomic mass is 16.5.